The summed E-state index contributed by atoms with van der Waals surface area (Å²) in [5.74, 6) is -1.67. The van der Waals surface area contributed by atoms with Gasteiger partial charge in [-0.3, -0.25) is 9.59 Å². The monoisotopic (exact) mass is 528 g/mol. The Morgan fingerprint density at radius 1 is 0.949 bits per heavy atom. The Labute approximate surface area is 227 Å². The van der Waals surface area contributed by atoms with Crippen LogP contribution in [0.3, 0.4) is 0 Å². The van der Waals surface area contributed by atoms with Gasteiger partial charge >= 0.3 is 12.0 Å². The standard InChI is InChI=1S/C30H32N4O5/c1-19-13-14-24-25(15-19)34(18-26(35)30(2,3)4)27(36)23(17-33(24)22-11-6-5-7-12-22)32-29(39)31-21-10-8-9-20(16-21)28(37)38/h5-16,23H,17-18H2,1-4H3,(H,37,38)(H2,31,32,39). The molecule has 0 saturated heterocycles. The first-order chi connectivity index (χ1) is 18.4. The fourth-order valence-electron chi connectivity index (χ4n) is 4.30. The Morgan fingerprint density at radius 2 is 1.67 bits per heavy atom. The van der Waals surface area contributed by atoms with Crippen LogP contribution in [0.15, 0.2) is 72.8 Å². The molecular formula is C30H32N4O5. The average Bonchev–Trinajstić information content (AvgIpc) is 2.99. The van der Waals surface area contributed by atoms with E-state index in [1.54, 1.807) is 26.8 Å². The summed E-state index contributed by atoms with van der Waals surface area (Å²) in [4.78, 5) is 54.9. The van der Waals surface area contributed by atoms with Gasteiger partial charge in [0, 0.05) is 16.8 Å². The van der Waals surface area contributed by atoms with E-state index in [1.807, 2.05) is 60.4 Å². The van der Waals surface area contributed by atoms with Gasteiger partial charge in [-0.2, -0.15) is 0 Å². The van der Waals surface area contributed by atoms with Crippen LogP contribution in [0.4, 0.5) is 27.5 Å². The molecule has 1 aliphatic heterocycles. The summed E-state index contributed by atoms with van der Waals surface area (Å²) in [6.07, 6.45) is 0. The van der Waals surface area contributed by atoms with E-state index in [0.717, 1.165) is 16.9 Å². The highest BCUT2D eigenvalue weighted by molar-refractivity contribution is 6.08. The Kier molecular flexibility index (Phi) is 7.71. The molecule has 3 N–H and O–H groups in total. The molecule has 3 amide bonds. The zero-order valence-corrected chi connectivity index (χ0v) is 22.4. The molecule has 0 radical (unpaired) electrons. The van der Waals surface area contributed by atoms with E-state index >= 15 is 0 Å². The first kappa shape index (κ1) is 27.4. The summed E-state index contributed by atoms with van der Waals surface area (Å²) in [5, 5.41) is 14.6. The highest BCUT2D eigenvalue weighted by atomic mass is 16.4. The van der Waals surface area contributed by atoms with Gasteiger partial charge < -0.3 is 25.5 Å². The third kappa shape index (κ3) is 6.26. The van der Waals surface area contributed by atoms with Gasteiger partial charge in [-0.1, -0.05) is 51.1 Å². The molecule has 9 heteroatoms. The van der Waals surface area contributed by atoms with Crippen LogP contribution >= 0.6 is 0 Å². The van der Waals surface area contributed by atoms with Gasteiger partial charge in [0.05, 0.1) is 30.0 Å². The lowest BCUT2D eigenvalue weighted by atomic mass is 9.90. The number of carboxylic acid groups (broad SMARTS) is 1. The van der Waals surface area contributed by atoms with Crippen molar-refractivity contribution in [2.75, 3.05) is 28.2 Å². The van der Waals surface area contributed by atoms with E-state index < -0.39 is 29.4 Å². The fraction of sp³-hybridized carbons (Fsp3) is 0.267. The zero-order chi connectivity index (χ0) is 28.3. The van der Waals surface area contributed by atoms with Gasteiger partial charge in [-0.05, 0) is 55.0 Å². The number of Topliss-reactive ketones (excluding diaryl/α,β-unsaturated/α-hetero) is 1. The topological polar surface area (TPSA) is 119 Å². The number of benzene rings is 3. The molecule has 0 fully saturated rings. The number of carbonyl (C=O) groups is 4. The number of carboxylic acids is 1. The number of ketones is 1. The lowest BCUT2D eigenvalue weighted by molar-refractivity contribution is -0.127. The van der Waals surface area contributed by atoms with Crippen LogP contribution in [0.25, 0.3) is 0 Å². The highest BCUT2D eigenvalue weighted by Gasteiger charge is 2.37. The number of amides is 3. The molecule has 0 aliphatic carbocycles. The van der Waals surface area contributed by atoms with Crippen molar-refractivity contribution in [1.29, 1.82) is 0 Å². The van der Waals surface area contributed by atoms with Crippen molar-refractivity contribution in [3.8, 4) is 0 Å². The molecule has 3 aromatic carbocycles. The molecule has 0 bridgehead atoms. The van der Waals surface area contributed by atoms with Crippen molar-refractivity contribution >= 4 is 46.4 Å². The second-order valence-electron chi connectivity index (χ2n) is 10.6. The van der Waals surface area contributed by atoms with Crippen LogP contribution in [0, 0.1) is 12.3 Å². The van der Waals surface area contributed by atoms with E-state index in [4.69, 9.17) is 0 Å². The molecule has 1 aliphatic rings. The van der Waals surface area contributed by atoms with Crippen LogP contribution in [0.2, 0.25) is 0 Å². The van der Waals surface area contributed by atoms with Gasteiger partial charge in [-0.25, -0.2) is 9.59 Å². The number of nitrogens with one attached hydrogen (secondary N) is 2. The van der Waals surface area contributed by atoms with E-state index in [9.17, 15) is 24.3 Å². The Hall–Kier alpha value is -4.66. The number of anilines is 4. The molecule has 4 rings (SSSR count). The number of para-hydroxylation sites is 1. The van der Waals surface area contributed by atoms with Gasteiger partial charge in [-0.15, -0.1) is 0 Å². The predicted molar refractivity (Wildman–Crippen MR) is 151 cm³/mol. The lowest BCUT2D eigenvalue weighted by Crippen LogP contribution is -2.54. The van der Waals surface area contributed by atoms with E-state index in [0.29, 0.717) is 5.69 Å². The molecule has 0 spiro atoms. The molecule has 39 heavy (non-hydrogen) atoms. The minimum atomic E-state index is -1.12. The third-order valence-corrected chi connectivity index (χ3v) is 6.52. The molecule has 1 unspecified atom stereocenters. The zero-order valence-electron chi connectivity index (χ0n) is 22.4. The molecule has 1 heterocycles. The number of carbonyl (C=O) groups excluding carboxylic acids is 3. The molecule has 9 nitrogen and oxygen atoms in total. The summed E-state index contributed by atoms with van der Waals surface area (Å²) >= 11 is 0. The Bertz CT molecular complexity index is 1410. The second kappa shape index (κ2) is 11.0. The van der Waals surface area contributed by atoms with Crippen molar-refractivity contribution in [3.63, 3.8) is 0 Å². The first-order valence-electron chi connectivity index (χ1n) is 12.6. The normalized spacial score (nSPS) is 15.3. The molecule has 1 atom stereocenters. The van der Waals surface area contributed by atoms with Crippen LogP contribution < -0.4 is 20.4 Å². The number of rotatable bonds is 6. The van der Waals surface area contributed by atoms with Crippen molar-refractivity contribution in [3.05, 3.63) is 83.9 Å². The number of hydrogen-bond donors (Lipinski definition) is 3. The lowest BCUT2D eigenvalue weighted by Gasteiger charge is -2.28. The van der Waals surface area contributed by atoms with E-state index in [1.165, 1.54) is 23.1 Å². The van der Waals surface area contributed by atoms with Gasteiger partial charge in [0.1, 0.15) is 6.04 Å². The van der Waals surface area contributed by atoms with Crippen molar-refractivity contribution < 1.29 is 24.3 Å². The molecular weight excluding hydrogens is 496 g/mol. The summed E-state index contributed by atoms with van der Waals surface area (Å²) in [6.45, 7) is 7.29. The Morgan fingerprint density at radius 3 is 2.33 bits per heavy atom. The number of aromatic carboxylic acids is 1. The minimum absolute atomic E-state index is 0.0197. The van der Waals surface area contributed by atoms with Crippen LogP contribution in [-0.4, -0.2) is 47.9 Å². The number of hydrogen-bond acceptors (Lipinski definition) is 5. The van der Waals surface area contributed by atoms with Crippen molar-refractivity contribution in [2.45, 2.75) is 33.7 Å². The van der Waals surface area contributed by atoms with Crippen LogP contribution in [-0.2, 0) is 9.59 Å². The maximum Gasteiger partial charge on any atom is 0.335 e. The quantitative estimate of drug-likeness (QED) is 0.415. The largest absolute Gasteiger partial charge is 0.478 e. The summed E-state index contributed by atoms with van der Waals surface area (Å²) in [7, 11) is 0. The van der Waals surface area contributed by atoms with E-state index in [-0.39, 0.29) is 30.1 Å². The minimum Gasteiger partial charge on any atom is -0.478 e. The van der Waals surface area contributed by atoms with Crippen LogP contribution in [0.1, 0.15) is 36.7 Å². The van der Waals surface area contributed by atoms with Gasteiger partial charge in [0.15, 0.2) is 5.78 Å². The molecule has 3 aromatic rings. The second-order valence-corrected chi connectivity index (χ2v) is 10.6. The van der Waals surface area contributed by atoms with Gasteiger partial charge in [0.25, 0.3) is 5.91 Å². The highest BCUT2D eigenvalue weighted by Crippen LogP contribution is 2.38. The van der Waals surface area contributed by atoms with Crippen molar-refractivity contribution in [1.82, 2.24) is 5.32 Å². The maximum atomic E-state index is 14.0. The summed E-state index contributed by atoms with van der Waals surface area (Å²) < 4.78 is 0. The Balaban J connectivity index is 1.72. The molecule has 0 saturated carbocycles. The van der Waals surface area contributed by atoms with E-state index in [2.05, 4.69) is 10.6 Å². The maximum absolute atomic E-state index is 14.0. The first-order valence-corrected chi connectivity index (χ1v) is 12.6. The summed E-state index contributed by atoms with van der Waals surface area (Å²) in [6, 6.07) is 19.4. The predicted octanol–water partition coefficient (Wildman–Crippen LogP) is 4.98. The van der Waals surface area contributed by atoms with Crippen molar-refractivity contribution in [2.24, 2.45) is 5.41 Å². The SMILES string of the molecule is Cc1ccc2c(c1)N(CC(=O)C(C)(C)C)C(=O)C(NC(=O)Nc1cccc(C(=O)O)c1)CN2c1ccccc1. The fourth-order valence-corrected chi connectivity index (χ4v) is 4.30. The number of nitrogens with zero attached hydrogens (tertiary/aromatic N) is 2. The summed E-state index contributed by atoms with van der Waals surface area (Å²) in [5.41, 5.74) is 2.68. The third-order valence-electron chi connectivity index (χ3n) is 6.52. The number of fused-ring (bicyclic) bond motifs is 1. The molecule has 0 aromatic heterocycles. The smallest absolute Gasteiger partial charge is 0.335 e. The molecule has 202 valence electrons. The van der Waals surface area contributed by atoms with Crippen LogP contribution in [0.5, 0.6) is 0 Å². The number of aryl methyl sites for hydroxylation is 1. The average molecular weight is 529 g/mol. The van der Waals surface area contributed by atoms with Gasteiger partial charge in [0.2, 0.25) is 0 Å². The number of urea groups is 1.